The molecule has 3 N–H and O–H groups in total. The number of halogens is 1. The summed E-state index contributed by atoms with van der Waals surface area (Å²) in [5, 5.41) is 5.94. The molecule has 1 fully saturated rings. The maximum Gasteiger partial charge on any atom is 0.248 e. The number of nitrogens with zero attached hydrogens (tertiary/aromatic N) is 1. The van der Waals surface area contributed by atoms with Crippen molar-refractivity contribution in [3.63, 3.8) is 0 Å². The minimum absolute atomic E-state index is 0.0556. The first-order valence-electron chi connectivity index (χ1n) is 9.08. The lowest BCUT2D eigenvalue weighted by molar-refractivity contribution is -0.120. The van der Waals surface area contributed by atoms with Gasteiger partial charge in [-0.25, -0.2) is 8.42 Å². The van der Waals surface area contributed by atoms with E-state index in [1.807, 2.05) is 4.90 Å². The van der Waals surface area contributed by atoms with Crippen LogP contribution in [0.5, 0.6) is 0 Å². The van der Waals surface area contributed by atoms with Gasteiger partial charge in [0.25, 0.3) is 0 Å². The van der Waals surface area contributed by atoms with E-state index in [4.69, 9.17) is 11.6 Å². The molecule has 10 heteroatoms. The Morgan fingerprint density at radius 1 is 1.17 bits per heavy atom. The Morgan fingerprint density at radius 3 is 2.50 bits per heavy atom. The van der Waals surface area contributed by atoms with Gasteiger partial charge in [0.15, 0.2) is 0 Å². The summed E-state index contributed by atoms with van der Waals surface area (Å²) in [7, 11) is -3.33. The number of benzene rings is 2. The lowest BCUT2D eigenvalue weighted by Crippen LogP contribution is -2.47. The molecule has 158 valence electrons. The third kappa shape index (κ3) is 6.23. The number of hydrogen-bond acceptors (Lipinski definition) is 5. The van der Waals surface area contributed by atoms with Crippen LogP contribution in [-0.4, -0.2) is 46.1 Å². The topological polar surface area (TPSA) is 108 Å². The zero-order chi connectivity index (χ0) is 21.7. The average molecular weight is 449 g/mol. The monoisotopic (exact) mass is 448 g/mol. The van der Waals surface area contributed by atoms with Gasteiger partial charge in [0.1, 0.15) is 0 Å². The number of anilines is 3. The highest BCUT2D eigenvalue weighted by molar-refractivity contribution is 7.92. The molecule has 3 rings (SSSR count). The van der Waals surface area contributed by atoms with E-state index in [2.05, 4.69) is 15.4 Å². The van der Waals surface area contributed by atoms with Crippen LogP contribution in [0.15, 0.2) is 48.5 Å². The molecule has 0 bridgehead atoms. The van der Waals surface area contributed by atoms with Gasteiger partial charge in [0.2, 0.25) is 21.8 Å². The van der Waals surface area contributed by atoms with Gasteiger partial charge in [-0.3, -0.25) is 14.3 Å². The number of hydrogen-bond donors (Lipinski definition) is 3. The molecule has 0 saturated carbocycles. The van der Waals surface area contributed by atoms with E-state index in [-0.39, 0.29) is 18.4 Å². The number of nitrogens with one attached hydrogen (secondary N) is 3. The Labute approximate surface area is 180 Å². The van der Waals surface area contributed by atoms with Gasteiger partial charge in [-0.15, -0.1) is 0 Å². The predicted octanol–water partition coefficient (Wildman–Crippen LogP) is 2.30. The summed E-state index contributed by atoms with van der Waals surface area (Å²) in [5.74, 6) is -0.394. The van der Waals surface area contributed by atoms with E-state index in [9.17, 15) is 18.0 Å². The normalized spacial score (nSPS) is 14.5. The van der Waals surface area contributed by atoms with Gasteiger partial charge in [0, 0.05) is 30.5 Å². The van der Waals surface area contributed by atoms with Crippen LogP contribution >= 0.6 is 11.6 Å². The van der Waals surface area contributed by atoms with Crippen LogP contribution in [-0.2, 0) is 19.6 Å². The van der Waals surface area contributed by atoms with Crippen LogP contribution in [0.2, 0.25) is 5.02 Å². The van der Waals surface area contributed by atoms with Crippen molar-refractivity contribution in [1.29, 1.82) is 0 Å². The van der Waals surface area contributed by atoms with Crippen LogP contribution in [0.4, 0.5) is 17.1 Å². The summed E-state index contributed by atoms with van der Waals surface area (Å²) in [6, 6.07) is 11.7. The van der Waals surface area contributed by atoms with E-state index in [1.54, 1.807) is 48.5 Å². The van der Waals surface area contributed by atoms with Crippen LogP contribution in [0.25, 0.3) is 6.08 Å². The maximum atomic E-state index is 12.2. The van der Waals surface area contributed by atoms with Crippen LogP contribution in [0.3, 0.4) is 0 Å². The standard InChI is InChI=1S/C20H21ClN4O4S/c1-30(28,29)24-15-5-2-14(3-6-15)4-9-19(26)23-16-7-8-18(17(21)12-16)25-11-10-22-20(27)13-25/h2-9,12,24H,10-11,13H2,1H3,(H,22,27)(H,23,26)/b9-4+. The maximum absolute atomic E-state index is 12.2. The van der Waals surface area contributed by atoms with Crippen LogP contribution in [0, 0.1) is 0 Å². The summed E-state index contributed by atoms with van der Waals surface area (Å²) in [6.45, 7) is 1.47. The molecule has 1 heterocycles. The summed E-state index contributed by atoms with van der Waals surface area (Å²) >= 11 is 6.34. The third-order valence-electron chi connectivity index (χ3n) is 4.24. The van der Waals surface area contributed by atoms with Crippen molar-refractivity contribution >= 4 is 56.6 Å². The van der Waals surface area contributed by atoms with Gasteiger partial charge >= 0.3 is 0 Å². The molecule has 0 radical (unpaired) electrons. The fourth-order valence-corrected chi connectivity index (χ4v) is 3.78. The highest BCUT2D eigenvalue weighted by Gasteiger charge is 2.18. The van der Waals surface area contributed by atoms with Crippen molar-refractivity contribution in [1.82, 2.24) is 5.32 Å². The molecule has 0 aliphatic carbocycles. The Balaban J connectivity index is 1.60. The van der Waals surface area contributed by atoms with Crippen LogP contribution < -0.4 is 20.3 Å². The van der Waals surface area contributed by atoms with Crippen molar-refractivity contribution in [2.45, 2.75) is 0 Å². The second-order valence-corrected chi connectivity index (χ2v) is 8.91. The highest BCUT2D eigenvalue weighted by Crippen LogP contribution is 2.29. The fraction of sp³-hybridized carbons (Fsp3) is 0.200. The smallest absolute Gasteiger partial charge is 0.248 e. The Morgan fingerprint density at radius 2 is 1.87 bits per heavy atom. The van der Waals surface area contributed by atoms with Crippen molar-refractivity contribution in [3.8, 4) is 0 Å². The van der Waals surface area contributed by atoms with E-state index in [0.717, 1.165) is 17.5 Å². The zero-order valence-electron chi connectivity index (χ0n) is 16.2. The van der Waals surface area contributed by atoms with Crippen molar-refractivity contribution < 1.29 is 18.0 Å². The van der Waals surface area contributed by atoms with Gasteiger partial charge in [-0.1, -0.05) is 23.7 Å². The van der Waals surface area contributed by atoms with Gasteiger partial charge < -0.3 is 15.5 Å². The molecule has 1 saturated heterocycles. The molecule has 0 atom stereocenters. The lowest BCUT2D eigenvalue weighted by Gasteiger charge is -2.29. The highest BCUT2D eigenvalue weighted by atomic mass is 35.5. The molecule has 30 heavy (non-hydrogen) atoms. The Bertz CT molecular complexity index is 1080. The molecule has 1 aliphatic heterocycles. The van der Waals surface area contributed by atoms with E-state index >= 15 is 0 Å². The molecule has 8 nitrogen and oxygen atoms in total. The van der Waals surface area contributed by atoms with Crippen molar-refractivity contribution in [3.05, 3.63) is 59.1 Å². The fourth-order valence-electron chi connectivity index (χ4n) is 2.92. The SMILES string of the molecule is CS(=O)(=O)Nc1ccc(/C=C/C(=O)Nc2ccc(N3CCNC(=O)C3)c(Cl)c2)cc1. The molecular formula is C20H21ClN4O4S. The number of carbonyl (C=O) groups is 2. The van der Waals surface area contributed by atoms with Gasteiger partial charge in [-0.05, 0) is 42.0 Å². The first kappa shape index (κ1) is 21.7. The Hall–Kier alpha value is -3.04. The number of piperazine rings is 1. The third-order valence-corrected chi connectivity index (χ3v) is 5.14. The average Bonchev–Trinajstić information content (AvgIpc) is 2.66. The molecule has 0 spiro atoms. The molecular weight excluding hydrogens is 428 g/mol. The summed E-state index contributed by atoms with van der Waals surface area (Å²) < 4.78 is 24.8. The first-order chi connectivity index (χ1) is 14.2. The molecule has 0 aromatic heterocycles. The Kier molecular flexibility index (Phi) is 6.63. The van der Waals surface area contributed by atoms with Crippen LogP contribution in [0.1, 0.15) is 5.56 Å². The van der Waals surface area contributed by atoms with Crippen molar-refractivity contribution in [2.75, 3.05) is 40.8 Å². The van der Waals surface area contributed by atoms with Gasteiger partial charge in [0.05, 0.1) is 23.5 Å². The largest absolute Gasteiger partial charge is 0.359 e. The molecule has 1 aliphatic rings. The molecule has 2 amide bonds. The summed E-state index contributed by atoms with van der Waals surface area (Å²) in [5.41, 5.74) is 2.45. The quantitative estimate of drug-likeness (QED) is 0.588. The number of amides is 2. The minimum Gasteiger partial charge on any atom is -0.359 e. The van der Waals surface area contributed by atoms with E-state index < -0.39 is 10.0 Å². The zero-order valence-corrected chi connectivity index (χ0v) is 17.8. The van der Waals surface area contributed by atoms with Gasteiger partial charge in [-0.2, -0.15) is 0 Å². The number of carbonyl (C=O) groups excluding carboxylic acids is 2. The van der Waals surface area contributed by atoms with E-state index in [1.165, 1.54) is 6.08 Å². The first-order valence-corrected chi connectivity index (χ1v) is 11.3. The number of rotatable bonds is 6. The van der Waals surface area contributed by atoms with E-state index in [0.29, 0.717) is 29.5 Å². The number of sulfonamides is 1. The predicted molar refractivity (Wildman–Crippen MR) is 119 cm³/mol. The molecule has 2 aromatic carbocycles. The lowest BCUT2D eigenvalue weighted by atomic mass is 10.2. The summed E-state index contributed by atoms with van der Waals surface area (Å²) in [4.78, 5) is 25.6. The van der Waals surface area contributed by atoms with Crippen molar-refractivity contribution in [2.24, 2.45) is 0 Å². The summed E-state index contributed by atoms with van der Waals surface area (Å²) in [6.07, 6.45) is 4.06. The molecule has 2 aromatic rings. The second kappa shape index (κ2) is 9.19. The minimum atomic E-state index is -3.33. The second-order valence-electron chi connectivity index (χ2n) is 6.76. The molecule has 0 unspecified atom stereocenters.